The molecular weight excluding hydrogens is 216 g/mol. The lowest BCUT2D eigenvalue weighted by atomic mass is 9.92. The number of rotatable bonds is 2. The molecule has 2 fully saturated rings. The molecule has 0 spiro atoms. The van der Waals surface area contributed by atoms with E-state index in [1.54, 1.807) is 0 Å². The fourth-order valence-electron chi connectivity index (χ4n) is 2.60. The van der Waals surface area contributed by atoms with Crippen molar-refractivity contribution in [3.8, 4) is 0 Å². The van der Waals surface area contributed by atoms with E-state index in [2.05, 4.69) is 29.1 Å². The van der Waals surface area contributed by atoms with Gasteiger partial charge in [-0.1, -0.05) is 13.8 Å². The second kappa shape index (κ2) is 4.94. The summed E-state index contributed by atoms with van der Waals surface area (Å²) in [6.07, 6.45) is 2.00. The molecule has 2 saturated heterocycles. The van der Waals surface area contributed by atoms with Crippen LogP contribution in [0.4, 0.5) is 0 Å². The average Bonchev–Trinajstić information content (AvgIpc) is 2.68. The fraction of sp³-hybridized carbons (Fsp3) is 0.833. The third-order valence-electron chi connectivity index (χ3n) is 3.51. The predicted molar refractivity (Wildman–Crippen MR) is 67.6 cm³/mol. The third kappa shape index (κ3) is 2.53. The maximum absolute atomic E-state index is 11.6. The van der Waals surface area contributed by atoms with E-state index in [-0.39, 0.29) is 17.9 Å². The van der Waals surface area contributed by atoms with Gasteiger partial charge >= 0.3 is 0 Å². The van der Waals surface area contributed by atoms with Crippen molar-refractivity contribution in [2.75, 3.05) is 19.6 Å². The summed E-state index contributed by atoms with van der Waals surface area (Å²) < 4.78 is 0. The zero-order valence-electron chi connectivity index (χ0n) is 10.6. The van der Waals surface area contributed by atoms with Gasteiger partial charge in [0.1, 0.15) is 0 Å². The molecular formula is C12H22N4O. The lowest BCUT2D eigenvalue weighted by Crippen LogP contribution is -2.51. The number of aliphatic imine (C=N–C) groups is 1. The summed E-state index contributed by atoms with van der Waals surface area (Å²) in [5.41, 5.74) is 6.03. The Hall–Kier alpha value is -1.26. The monoisotopic (exact) mass is 238 g/mol. The predicted octanol–water partition coefficient (Wildman–Crippen LogP) is 0.168. The Bertz CT molecular complexity index is 326. The topological polar surface area (TPSA) is 70.7 Å². The number of nitrogens with one attached hydrogen (secondary N) is 1. The van der Waals surface area contributed by atoms with E-state index in [4.69, 9.17) is 5.73 Å². The van der Waals surface area contributed by atoms with Crippen LogP contribution in [0.3, 0.4) is 0 Å². The molecule has 5 heteroatoms. The van der Waals surface area contributed by atoms with Gasteiger partial charge in [-0.3, -0.25) is 9.79 Å². The van der Waals surface area contributed by atoms with Crippen molar-refractivity contribution in [1.29, 1.82) is 0 Å². The van der Waals surface area contributed by atoms with E-state index >= 15 is 0 Å². The number of piperidine rings is 1. The lowest BCUT2D eigenvalue weighted by Gasteiger charge is -2.36. The number of fused-ring (bicyclic) bond motifs is 1. The van der Waals surface area contributed by atoms with Gasteiger partial charge in [0.05, 0.1) is 12.0 Å². The summed E-state index contributed by atoms with van der Waals surface area (Å²) in [7, 11) is 0. The quantitative estimate of drug-likeness (QED) is 0.532. The minimum absolute atomic E-state index is 0.108. The molecule has 0 aliphatic carbocycles. The molecule has 2 aliphatic heterocycles. The van der Waals surface area contributed by atoms with Gasteiger partial charge in [-0.25, -0.2) is 0 Å². The van der Waals surface area contributed by atoms with Gasteiger partial charge in [-0.05, 0) is 18.8 Å². The molecule has 3 N–H and O–H groups in total. The Morgan fingerprint density at radius 3 is 3.12 bits per heavy atom. The molecule has 0 saturated carbocycles. The van der Waals surface area contributed by atoms with Crippen molar-refractivity contribution in [2.24, 2.45) is 22.6 Å². The van der Waals surface area contributed by atoms with Gasteiger partial charge in [-0.15, -0.1) is 0 Å². The first-order chi connectivity index (χ1) is 8.09. The van der Waals surface area contributed by atoms with Crippen LogP contribution in [0.15, 0.2) is 4.99 Å². The molecule has 2 atom stereocenters. The number of carbonyl (C=O) groups excluding carboxylic acids is 1. The number of guanidine groups is 1. The summed E-state index contributed by atoms with van der Waals surface area (Å²) in [5, 5.41) is 2.92. The van der Waals surface area contributed by atoms with E-state index in [1.165, 1.54) is 0 Å². The molecule has 0 aromatic rings. The Balaban J connectivity index is 2.05. The highest BCUT2D eigenvalue weighted by Gasteiger charge is 2.41. The molecule has 96 valence electrons. The standard InChI is InChI=1S/C12H22N4O/c1-8(2)6-15-12(13)16-5-3-4-9-10(16)7-14-11(9)17/h8-10H,3-7H2,1-2H3,(H2,13,15)(H,14,17). The number of hydrogen-bond acceptors (Lipinski definition) is 2. The summed E-state index contributed by atoms with van der Waals surface area (Å²) >= 11 is 0. The molecule has 5 nitrogen and oxygen atoms in total. The van der Waals surface area contributed by atoms with Crippen LogP contribution in [0, 0.1) is 11.8 Å². The zero-order valence-corrected chi connectivity index (χ0v) is 10.6. The summed E-state index contributed by atoms with van der Waals surface area (Å²) in [6, 6.07) is 0.215. The van der Waals surface area contributed by atoms with Crippen LogP contribution in [0.2, 0.25) is 0 Å². The van der Waals surface area contributed by atoms with Crippen LogP contribution < -0.4 is 11.1 Å². The largest absolute Gasteiger partial charge is 0.370 e. The average molecular weight is 238 g/mol. The van der Waals surface area contributed by atoms with Crippen LogP contribution in [0.25, 0.3) is 0 Å². The minimum atomic E-state index is 0.108. The fourth-order valence-corrected chi connectivity index (χ4v) is 2.60. The lowest BCUT2D eigenvalue weighted by molar-refractivity contribution is -0.123. The number of amides is 1. The second-order valence-electron chi connectivity index (χ2n) is 5.35. The highest BCUT2D eigenvalue weighted by atomic mass is 16.2. The number of carbonyl (C=O) groups is 1. The molecule has 1 amide bonds. The molecule has 2 aliphatic rings. The number of likely N-dealkylation sites (tertiary alicyclic amines) is 1. The number of nitrogens with zero attached hydrogens (tertiary/aromatic N) is 2. The van der Waals surface area contributed by atoms with Crippen LogP contribution in [0.1, 0.15) is 26.7 Å². The first kappa shape index (κ1) is 12.2. The zero-order chi connectivity index (χ0) is 12.4. The van der Waals surface area contributed by atoms with E-state index in [9.17, 15) is 4.79 Å². The first-order valence-electron chi connectivity index (χ1n) is 6.44. The van der Waals surface area contributed by atoms with Gasteiger partial charge in [0.25, 0.3) is 0 Å². The van der Waals surface area contributed by atoms with Crippen LogP contribution >= 0.6 is 0 Å². The Morgan fingerprint density at radius 2 is 2.41 bits per heavy atom. The van der Waals surface area contributed by atoms with Gasteiger partial charge in [0.2, 0.25) is 5.91 Å². The summed E-state index contributed by atoms with van der Waals surface area (Å²) in [6.45, 7) is 6.62. The summed E-state index contributed by atoms with van der Waals surface area (Å²) in [5.74, 6) is 1.40. The normalized spacial score (nSPS) is 29.5. The van der Waals surface area contributed by atoms with Gasteiger partial charge in [0, 0.05) is 19.6 Å². The second-order valence-corrected chi connectivity index (χ2v) is 5.35. The maximum Gasteiger partial charge on any atom is 0.225 e. The highest BCUT2D eigenvalue weighted by molar-refractivity contribution is 5.85. The van der Waals surface area contributed by atoms with Crippen LogP contribution in [0.5, 0.6) is 0 Å². The minimum Gasteiger partial charge on any atom is -0.370 e. The van der Waals surface area contributed by atoms with Crippen molar-refractivity contribution in [1.82, 2.24) is 10.2 Å². The SMILES string of the molecule is CC(C)CN=C(N)N1CCCC2C(=O)NCC21. The smallest absolute Gasteiger partial charge is 0.225 e. The van der Waals surface area contributed by atoms with Crippen LogP contribution in [-0.4, -0.2) is 42.4 Å². The van der Waals surface area contributed by atoms with E-state index < -0.39 is 0 Å². The van der Waals surface area contributed by atoms with Gasteiger partial charge < -0.3 is 16.0 Å². The molecule has 2 unspecified atom stereocenters. The van der Waals surface area contributed by atoms with Crippen molar-refractivity contribution in [2.45, 2.75) is 32.7 Å². The van der Waals surface area contributed by atoms with E-state index in [0.29, 0.717) is 18.4 Å². The number of hydrogen-bond donors (Lipinski definition) is 2. The van der Waals surface area contributed by atoms with Crippen molar-refractivity contribution in [3.05, 3.63) is 0 Å². The van der Waals surface area contributed by atoms with E-state index in [0.717, 1.165) is 25.9 Å². The molecule has 2 rings (SSSR count). The maximum atomic E-state index is 11.6. The molecule has 0 aromatic heterocycles. The van der Waals surface area contributed by atoms with E-state index in [1.807, 2.05) is 0 Å². The van der Waals surface area contributed by atoms with Crippen molar-refractivity contribution >= 4 is 11.9 Å². The third-order valence-corrected chi connectivity index (χ3v) is 3.51. The van der Waals surface area contributed by atoms with Crippen molar-refractivity contribution in [3.63, 3.8) is 0 Å². The Morgan fingerprint density at radius 1 is 1.65 bits per heavy atom. The molecule has 2 heterocycles. The number of nitrogens with two attached hydrogens (primary N) is 1. The first-order valence-corrected chi connectivity index (χ1v) is 6.44. The van der Waals surface area contributed by atoms with Crippen LogP contribution in [-0.2, 0) is 4.79 Å². The van der Waals surface area contributed by atoms with Crippen molar-refractivity contribution < 1.29 is 4.79 Å². The van der Waals surface area contributed by atoms with Gasteiger partial charge in [0.15, 0.2) is 5.96 Å². The Labute approximate surface area is 102 Å². The summed E-state index contributed by atoms with van der Waals surface area (Å²) in [4.78, 5) is 18.1. The molecule has 17 heavy (non-hydrogen) atoms. The van der Waals surface area contributed by atoms with Gasteiger partial charge in [-0.2, -0.15) is 0 Å². The molecule has 0 bridgehead atoms. The Kier molecular flexibility index (Phi) is 3.54. The highest BCUT2D eigenvalue weighted by Crippen LogP contribution is 2.26. The molecule has 0 aromatic carbocycles. The molecule has 0 radical (unpaired) electrons.